The van der Waals surface area contributed by atoms with E-state index in [2.05, 4.69) is 26.1 Å². The van der Waals surface area contributed by atoms with Crippen molar-refractivity contribution in [2.75, 3.05) is 0 Å². The molecule has 1 aromatic carbocycles. The summed E-state index contributed by atoms with van der Waals surface area (Å²) in [5.74, 6) is 0.484. The zero-order valence-corrected chi connectivity index (χ0v) is 8.71. The topological polar surface area (TPSA) is 38.9 Å². The van der Waals surface area contributed by atoms with Gasteiger partial charge in [0, 0.05) is 21.5 Å². The Morgan fingerprint density at radius 2 is 2.08 bits per heavy atom. The molecule has 0 radical (unpaired) electrons. The quantitative estimate of drug-likeness (QED) is 0.790. The zero-order chi connectivity index (χ0) is 9.26. The molecule has 0 saturated heterocycles. The molecule has 66 valence electrons. The Morgan fingerprint density at radius 3 is 2.69 bits per heavy atom. The summed E-state index contributed by atoms with van der Waals surface area (Å²) in [6, 6.07) is 7.33. The van der Waals surface area contributed by atoms with Gasteiger partial charge < -0.3 is 4.52 Å². The van der Waals surface area contributed by atoms with Crippen LogP contribution in [-0.4, -0.2) is 10.1 Å². The van der Waals surface area contributed by atoms with E-state index in [9.17, 15) is 0 Å². The summed E-state index contributed by atoms with van der Waals surface area (Å²) in [5.41, 5.74) is 0.763. The summed E-state index contributed by atoms with van der Waals surface area (Å²) in [6.07, 6.45) is 0. The zero-order valence-electron chi connectivity index (χ0n) is 6.37. The Morgan fingerprint density at radius 1 is 1.31 bits per heavy atom. The first-order valence-electron chi connectivity index (χ1n) is 3.51. The molecule has 2 rings (SSSR count). The molecule has 1 aromatic heterocycles. The van der Waals surface area contributed by atoms with Gasteiger partial charge in [-0.05, 0) is 12.1 Å². The van der Waals surface area contributed by atoms with E-state index < -0.39 is 0 Å². The second-order valence-electron chi connectivity index (χ2n) is 2.35. The molecule has 0 aliphatic heterocycles. The normalized spacial score (nSPS) is 10.3. The second-order valence-corrected chi connectivity index (χ2v) is 3.44. The third-order valence-electron chi connectivity index (χ3n) is 1.52. The predicted octanol–water partition coefficient (Wildman–Crippen LogP) is 3.15. The minimum atomic E-state index is 0.349. The van der Waals surface area contributed by atoms with Crippen molar-refractivity contribution in [2.45, 2.75) is 0 Å². The summed E-state index contributed by atoms with van der Waals surface area (Å²) in [5, 5.41) is 4.34. The fourth-order valence-electron chi connectivity index (χ4n) is 0.957. The number of hydrogen-bond acceptors (Lipinski definition) is 3. The Hall–Kier alpha value is -0.870. The summed E-state index contributed by atoms with van der Waals surface area (Å²) in [6.45, 7) is 0. The van der Waals surface area contributed by atoms with Crippen molar-refractivity contribution in [3.05, 3.63) is 34.1 Å². The lowest BCUT2D eigenvalue weighted by Gasteiger charge is -1.95. The third-order valence-corrected chi connectivity index (χ3v) is 2.17. The van der Waals surface area contributed by atoms with Crippen LogP contribution in [0, 0.1) is 0 Å². The van der Waals surface area contributed by atoms with Crippen LogP contribution in [0.5, 0.6) is 0 Å². The first-order valence-corrected chi connectivity index (χ1v) is 4.68. The van der Waals surface area contributed by atoms with Crippen molar-refractivity contribution in [1.82, 2.24) is 10.1 Å². The molecule has 0 N–H and O–H groups in total. The molecule has 0 bridgehead atoms. The minimum Gasteiger partial charge on any atom is -0.326 e. The van der Waals surface area contributed by atoms with Gasteiger partial charge >= 0.3 is 0 Å². The molecule has 5 heteroatoms. The van der Waals surface area contributed by atoms with Crippen LogP contribution >= 0.6 is 27.5 Å². The van der Waals surface area contributed by atoms with Gasteiger partial charge in [-0.2, -0.15) is 4.98 Å². The Balaban J connectivity index is 2.52. The summed E-state index contributed by atoms with van der Waals surface area (Å²) < 4.78 is 4.77. The summed E-state index contributed by atoms with van der Waals surface area (Å²) in [4.78, 5) is 4.35. The van der Waals surface area contributed by atoms with Crippen LogP contribution in [0.2, 0.25) is 5.02 Å². The highest BCUT2D eigenvalue weighted by molar-refractivity contribution is 9.10. The van der Waals surface area contributed by atoms with Crippen LogP contribution in [0.4, 0.5) is 0 Å². The minimum absolute atomic E-state index is 0.349. The Kier molecular flexibility index (Phi) is 2.33. The average Bonchev–Trinajstić information content (AvgIpc) is 2.53. The maximum Gasteiger partial charge on any atom is 0.294 e. The van der Waals surface area contributed by atoms with Gasteiger partial charge in [0.05, 0.1) is 5.02 Å². The van der Waals surface area contributed by atoms with Gasteiger partial charge in [0.25, 0.3) is 4.80 Å². The van der Waals surface area contributed by atoms with Gasteiger partial charge in [0.15, 0.2) is 0 Å². The highest BCUT2D eigenvalue weighted by Crippen LogP contribution is 2.25. The largest absolute Gasteiger partial charge is 0.326 e. The number of hydrogen-bond donors (Lipinski definition) is 0. The lowest BCUT2D eigenvalue weighted by Crippen LogP contribution is -1.80. The first kappa shape index (κ1) is 8.72. The van der Waals surface area contributed by atoms with E-state index in [0.29, 0.717) is 15.6 Å². The van der Waals surface area contributed by atoms with Crippen LogP contribution in [0.1, 0.15) is 0 Å². The molecule has 0 aliphatic carbocycles. The van der Waals surface area contributed by atoms with Crippen LogP contribution < -0.4 is 0 Å². The number of benzene rings is 1. The van der Waals surface area contributed by atoms with Crippen molar-refractivity contribution in [2.24, 2.45) is 0 Å². The average molecular weight is 259 g/mol. The third kappa shape index (κ3) is 1.73. The fourth-order valence-corrected chi connectivity index (χ4v) is 1.42. The van der Waals surface area contributed by atoms with Gasteiger partial charge in [-0.1, -0.05) is 28.9 Å². The molecule has 0 unspecified atom stereocenters. The molecule has 13 heavy (non-hydrogen) atoms. The number of nitrogens with zero attached hydrogens (tertiary/aromatic N) is 2. The SMILES string of the molecule is Clc1ccccc1-c1noc(Br)n1. The maximum atomic E-state index is 5.93. The van der Waals surface area contributed by atoms with Crippen LogP contribution in [0.25, 0.3) is 11.4 Å². The van der Waals surface area contributed by atoms with Crippen LogP contribution in [0.3, 0.4) is 0 Å². The highest BCUT2D eigenvalue weighted by atomic mass is 79.9. The van der Waals surface area contributed by atoms with E-state index in [4.69, 9.17) is 16.1 Å². The molecule has 0 amide bonds. The molecule has 0 saturated carbocycles. The molecule has 0 aliphatic rings. The van der Waals surface area contributed by atoms with E-state index in [0.717, 1.165) is 5.56 Å². The summed E-state index contributed by atoms with van der Waals surface area (Å²) >= 11 is 9.00. The smallest absolute Gasteiger partial charge is 0.294 e. The van der Waals surface area contributed by atoms with Crippen molar-refractivity contribution in [1.29, 1.82) is 0 Å². The maximum absolute atomic E-state index is 5.93. The van der Waals surface area contributed by atoms with Crippen molar-refractivity contribution < 1.29 is 4.52 Å². The fraction of sp³-hybridized carbons (Fsp3) is 0. The van der Waals surface area contributed by atoms with E-state index in [1.54, 1.807) is 6.07 Å². The Labute approximate surface area is 87.8 Å². The molecule has 1 heterocycles. The molecular weight excluding hydrogens is 255 g/mol. The van der Waals surface area contributed by atoms with E-state index >= 15 is 0 Å². The van der Waals surface area contributed by atoms with Crippen molar-refractivity contribution >= 4 is 27.5 Å². The molecule has 0 atom stereocenters. The monoisotopic (exact) mass is 258 g/mol. The van der Waals surface area contributed by atoms with Gasteiger partial charge in [-0.15, -0.1) is 0 Å². The Bertz CT molecular complexity index is 430. The van der Waals surface area contributed by atoms with E-state index in [1.165, 1.54) is 0 Å². The lowest BCUT2D eigenvalue weighted by atomic mass is 10.2. The standard InChI is InChI=1S/C8H4BrClN2O/c9-8-11-7(12-13-8)5-3-1-2-4-6(5)10/h1-4H. The van der Waals surface area contributed by atoms with Gasteiger partial charge in [0.1, 0.15) is 0 Å². The lowest BCUT2D eigenvalue weighted by molar-refractivity contribution is 0.397. The molecule has 0 fully saturated rings. The van der Waals surface area contributed by atoms with E-state index in [-0.39, 0.29) is 0 Å². The molecule has 2 aromatic rings. The number of halogens is 2. The van der Waals surface area contributed by atoms with Crippen molar-refractivity contribution in [3.8, 4) is 11.4 Å². The van der Waals surface area contributed by atoms with Gasteiger partial charge in [-0.3, -0.25) is 0 Å². The highest BCUT2D eigenvalue weighted by Gasteiger charge is 2.08. The molecule has 0 spiro atoms. The number of rotatable bonds is 1. The second kappa shape index (κ2) is 3.47. The predicted molar refractivity (Wildman–Crippen MR) is 52.4 cm³/mol. The van der Waals surface area contributed by atoms with Gasteiger partial charge in [-0.25, -0.2) is 0 Å². The summed E-state index contributed by atoms with van der Waals surface area (Å²) in [7, 11) is 0. The number of aromatic nitrogens is 2. The molecule has 3 nitrogen and oxygen atoms in total. The van der Waals surface area contributed by atoms with Crippen molar-refractivity contribution in [3.63, 3.8) is 0 Å². The van der Waals surface area contributed by atoms with E-state index in [1.807, 2.05) is 18.2 Å². The van der Waals surface area contributed by atoms with Crippen LogP contribution in [0.15, 0.2) is 33.6 Å². The molecular formula is C8H4BrClN2O. The van der Waals surface area contributed by atoms with Gasteiger partial charge in [0.2, 0.25) is 5.82 Å². The van der Waals surface area contributed by atoms with Crippen LogP contribution in [-0.2, 0) is 0 Å². The first-order chi connectivity index (χ1) is 6.27.